The fraction of sp³-hybridized carbons (Fsp3) is 0.393. The monoisotopic (exact) mass is 485 g/mol. The van der Waals surface area contributed by atoms with Crippen LogP contribution in [0.2, 0.25) is 0 Å². The molecule has 0 atom stereocenters. The minimum absolute atomic E-state index is 0.0772. The van der Waals surface area contributed by atoms with Gasteiger partial charge in [-0.1, -0.05) is 11.3 Å². The Kier molecular flexibility index (Phi) is 6.12. The second-order valence-electron chi connectivity index (χ2n) is 9.80. The summed E-state index contributed by atoms with van der Waals surface area (Å²) in [6.45, 7) is 3.26. The fourth-order valence-corrected chi connectivity index (χ4v) is 6.30. The van der Waals surface area contributed by atoms with Crippen LogP contribution in [0, 0.1) is 5.92 Å². The van der Waals surface area contributed by atoms with E-state index in [9.17, 15) is 4.79 Å². The lowest BCUT2D eigenvalue weighted by atomic mass is 9.92. The number of nitrogens with zero attached hydrogens (tertiary/aromatic N) is 4. The van der Waals surface area contributed by atoms with E-state index in [1.54, 1.807) is 4.57 Å². The van der Waals surface area contributed by atoms with Gasteiger partial charge < -0.3 is 14.8 Å². The molecule has 0 saturated carbocycles. The van der Waals surface area contributed by atoms with Gasteiger partial charge in [0.1, 0.15) is 0 Å². The molecule has 7 heteroatoms. The predicted molar refractivity (Wildman–Crippen MR) is 144 cm³/mol. The minimum atomic E-state index is 0.0772. The Balaban J connectivity index is 1.21. The topological polar surface area (TPSA) is 63.1 Å². The summed E-state index contributed by atoms with van der Waals surface area (Å²) in [5.41, 5.74) is 7.81. The summed E-state index contributed by atoms with van der Waals surface area (Å²) in [6, 6.07) is 12.9. The van der Waals surface area contributed by atoms with Crippen molar-refractivity contribution in [3.63, 3.8) is 0 Å². The van der Waals surface area contributed by atoms with Crippen molar-refractivity contribution in [2.75, 3.05) is 24.5 Å². The van der Waals surface area contributed by atoms with E-state index >= 15 is 0 Å². The first-order valence-electron chi connectivity index (χ1n) is 12.7. The summed E-state index contributed by atoms with van der Waals surface area (Å²) in [4.78, 5) is 24.1. The van der Waals surface area contributed by atoms with E-state index in [0.717, 1.165) is 77.7 Å². The van der Waals surface area contributed by atoms with Gasteiger partial charge in [-0.3, -0.25) is 14.8 Å². The highest BCUT2D eigenvalue weighted by Crippen LogP contribution is 2.36. The van der Waals surface area contributed by atoms with E-state index in [0.29, 0.717) is 0 Å². The van der Waals surface area contributed by atoms with Crippen LogP contribution in [0.4, 0.5) is 11.4 Å². The second kappa shape index (κ2) is 9.55. The quantitative estimate of drug-likeness (QED) is 0.427. The molecular formula is C28H31N5OS. The number of hydrogen-bond donors (Lipinski definition) is 1. The third kappa shape index (κ3) is 4.50. The standard InChI is InChI=1S/C28H31N5OS/c1-32-25-16-23(8-9-27(25)35-28(32)34)33-14-2-3-20-15-24(31-18-26(20)33)21-5-7-22(30-17-21)6-4-19-10-12-29-13-11-19/h5,7-9,15-19,29H,2-4,6,10-14H2,1H3. The molecule has 3 aromatic heterocycles. The van der Waals surface area contributed by atoms with Gasteiger partial charge in [-0.2, -0.15) is 0 Å². The number of benzene rings is 1. The van der Waals surface area contributed by atoms with Crippen LogP contribution in [-0.2, 0) is 19.9 Å². The average Bonchev–Trinajstić information content (AvgIpc) is 3.20. The Morgan fingerprint density at radius 2 is 1.97 bits per heavy atom. The smallest absolute Gasteiger partial charge is 0.307 e. The lowest BCUT2D eigenvalue weighted by Crippen LogP contribution is -2.27. The van der Waals surface area contributed by atoms with E-state index in [1.165, 1.54) is 41.9 Å². The van der Waals surface area contributed by atoms with E-state index in [4.69, 9.17) is 9.97 Å². The third-order valence-electron chi connectivity index (χ3n) is 7.56. The lowest BCUT2D eigenvalue weighted by Gasteiger charge is -2.31. The molecule has 1 aromatic carbocycles. The first kappa shape index (κ1) is 22.4. The zero-order chi connectivity index (χ0) is 23.8. The first-order valence-corrected chi connectivity index (χ1v) is 13.5. The van der Waals surface area contributed by atoms with Crippen LogP contribution in [0.3, 0.4) is 0 Å². The minimum Gasteiger partial charge on any atom is -0.340 e. The molecule has 4 aromatic rings. The zero-order valence-electron chi connectivity index (χ0n) is 20.2. The molecule has 1 N–H and O–H groups in total. The van der Waals surface area contributed by atoms with Crippen LogP contribution in [0.5, 0.6) is 0 Å². The summed E-state index contributed by atoms with van der Waals surface area (Å²) in [6.07, 6.45) is 11.0. The maximum atomic E-state index is 12.1. The maximum Gasteiger partial charge on any atom is 0.307 e. The van der Waals surface area contributed by atoms with Gasteiger partial charge >= 0.3 is 4.87 Å². The molecule has 180 valence electrons. The van der Waals surface area contributed by atoms with Crippen molar-refractivity contribution in [1.29, 1.82) is 0 Å². The van der Waals surface area contributed by atoms with E-state index in [-0.39, 0.29) is 4.87 Å². The number of aromatic nitrogens is 3. The fourth-order valence-electron chi connectivity index (χ4n) is 5.44. The van der Waals surface area contributed by atoms with Gasteiger partial charge in [-0.05, 0) is 99.5 Å². The second-order valence-corrected chi connectivity index (χ2v) is 10.8. The number of fused-ring (bicyclic) bond motifs is 2. The summed E-state index contributed by atoms with van der Waals surface area (Å²) < 4.78 is 2.76. The van der Waals surface area contributed by atoms with Gasteiger partial charge in [-0.25, -0.2) is 0 Å². The summed E-state index contributed by atoms with van der Waals surface area (Å²) in [5, 5.41) is 3.44. The number of rotatable bonds is 5. The Morgan fingerprint density at radius 3 is 2.80 bits per heavy atom. The molecule has 0 amide bonds. The Bertz CT molecular complexity index is 1400. The number of thiazole rings is 1. The van der Waals surface area contributed by atoms with Crippen molar-refractivity contribution >= 4 is 32.9 Å². The molecule has 35 heavy (non-hydrogen) atoms. The van der Waals surface area contributed by atoms with Gasteiger partial charge in [-0.15, -0.1) is 0 Å². The largest absolute Gasteiger partial charge is 0.340 e. The Morgan fingerprint density at radius 1 is 1.09 bits per heavy atom. The first-order chi connectivity index (χ1) is 17.2. The maximum absolute atomic E-state index is 12.1. The molecular weight excluding hydrogens is 454 g/mol. The van der Waals surface area contributed by atoms with E-state index < -0.39 is 0 Å². The van der Waals surface area contributed by atoms with Gasteiger partial charge in [0.15, 0.2) is 0 Å². The number of pyridine rings is 2. The highest BCUT2D eigenvalue weighted by Gasteiger charge is 2.21. The molecule has 0 spiro atoms. The van der Waals surface area contributed by atoms with Gasteiger partial charge in [0.25, 0.3) is 0 Å². The summed E-state index contributed by atoms with van der Waals surface area (Å²) in [5.74, 6) is 0.827. The molecule has 2 aliphatic heterocycles. The van der Waals surface area contributed by atoms with E-state index in [1.807, 2.05) is 19.4 Å². The summed E-state index contributed by atoms with van der Waals surface area (Å²) in [7, 11) is 1.84. The van der Waals surface area contributed by atoms with Gasteiger partial charge in [0.2, 0.25) is 0 Å². The van der Waals surface area contributed by atoms with Crippen LogP contribution < -0.4 is 15.1 Å². The average molecular weight is 486 g/mol. The molecule has 0 radical (unpaired) electrons. The molecule has 5 heterocycles. The Labute approximate surface area is 209 Å². The zero-order valence-corrected chi connectivity index (χ0v) is 21.0. The van der Waals surface area contributed by atoms with Crippen molar-refractivity contribution in [2.24, 2.45) is 13.0 Å². The van der Waals surface area contributed by atoms with Crippen molar-refractivity contribution < 1.29 is 0 Å². The SMILES string of the molecule is Cn1c(=O)sc2ccc(N3CCCc4cc(-c5ccc(CCC6CCNCC6)nc5)ncc43)cc21. The number of hydrogen-bond acceptors (Lipinski definition) is 6. The molecule has 1 fully saturated rings. The highest BCUT2D eigenvalue weighted by atomic mass is 32.1. The van der Waals surface area contributed by atoms with Gasteiger partial charge in [0, 0.05) is 36.7 Å². The van der Waals surface area contributed by atoms with Crippen LogP contribution >= 0.6 is 11.3 Å². The number of aryl methyl sites for hydroxylation is 3. The molecule has 2 aliphatic rings. The molecule has 0 aliphatic carbocycles. The molecule has 1 saturated heterocycles. The number of nitrogens with one attached hydrogen (secondary N) is 1. The van der Waals surface area contributed by atoms with Crippen LogP contribution in [-0.4, -0.2) is 34.2 Å². The number of piperidine rings is 1. The van der Waals surface area contributed by atoms with Crippen molar-refractivity contribution in [1.82, 2.24) is 19.9 Å². The molecule has 0 unspecified atom stereocenters. The predicted octanol–water partition coefficient (Wildman–Crippen LogP) is 5.07. The van der Waals surface area contributed by atoms with Crippen molar-refractivity contribution in [3.8, 4) is 11.3 Å². The lowest BCUT2D eigenvalue weighted by molar-refractivity contribution is 0.353. The third-order valence-corrected chi connectivity index (χ3v) is 8.57. The van der Waals surface area contributed by atoms with Crippen LogP contribution in [0.15, 0.2) is 53.6 Å². The molecule has 6 rings (SSSR count). The van der Waals surface area contributed by atoms with E-state index in [2.05, 4.69) is 46.6 Å². The van der Waals surface area contributed by atoms with Crippen LogP contribution in [0.25, 0.3) is 21.5 Å². The van der Waals surface area contributed by atoms with Crippen molar-refractivity contribution in [3.05, 3.63) is 69.7 Å². The number of anilines is 2. The molecule has 0 bridgehead atoms. The normalized spacial score (nSPS) is 16.5. The highest BCUT2D eigenvalue weighted by molar-refractivity contribution is 7.16. The van der Waals surface area contributed by atoms with Gasteiger partial charge in [0.05, 0.1) is 27.8 Å². The Hall–Kier alpha value is -3.03. The summed E-state index contributed by atoms with van der Waals surface area (Å²) >= 11 is 1.30. The van der Waals surface area contributed by atoms with Crippen molar-refractivity contribution in [2.45, 2.75) is 38.5 Å². The van der Waals surface area contributed by atoms with Crippen LogP contribution in [0.1, 0.15) is 36.9 Å². The molecule has 6 nitrogen and oxygen atoms in total.